The molecule has 2 heterocycles. The van der Waals surface area contributed by atoms with E-state index in [0.29, 0.717) is 25.3 Å². The number of nitrogen functional groups attached to an aromatic ring is 1. The van der Waals surface area contributed by atoms with Crippen molar-refractivity contribution in [2.75, 3.05) is 36.8 Å². The van der Waals surface area contributed by atoms with E-state index in [2.05, 4.69) is 9.88 Å². The monoisotopic (exact) mass is 236 g/mol. The van der Waals surface area contributed by atoms with Crippen LogP contribution in [0.3, 0.4) is 0 Å². The van der Waals surface area contributed by atoms with Gasteiger partial charge in [-0.15, -0.1) is 0 Å². The van der Waals surface area contributed by atoms with E-state index in [0.717, 1.165) is 18.8 Å². The summed E-state index contributed by atoms with van der Waals surface area (Å²) in [6.45, 7) is 2.59. The third kappa shape index (κ3) is 2.77. The maximum Gasteiger partial charge on any atom is 0.407 e. The quantitative estimate of drug-likeness (QED) is 0.755. The maximum absolute atomic E-state index is 10.9. The molecule has 1 aliphatic heterocycles. The van der Waals surface area contributed by atoms with Gasteiger partial charge in [0.25, 0.3) is 0 Å². The van der Waals surface area contributed by atoms with Crippen molar-refractivity contribution in [2.45, 2.75) is 6.42 Å². The summed E-state index contributed by atoms with van der Waals surface area (Å²) in [6.07, 6.45) is 1.59. The maximum atomic E-state index is 10.9. The normalized spacial score (nSPS) is 16.7. The first-order chi connectivity index (χ1) is 8.16. The molecule has 0 bridgehead atoms. The molecule has 6 nitrogen and oxygen atoms in total. The Labute approximate surface area is 99.7 Å². The van der Waals surface area contributed by atoms with Crippen LogP contribution in [0.25, 0.3) is 0 Å². The van der Waals surface area contributed by atoms with E-state index >= 15 is 0 Å². The zero-order valence-electron chi connectivity index (χ0n) is 9.54. The average molecular weight is 236 g/mol. The minimum Gasteiger partial charge on any atom is -0.465 e. The number of amides is 1. The predicted molar refractivity (Wildman–Crippen MR) is 65.1 cm³/mol. The Morgan fingerprint density at radius 2 is 2.12 bits per heavy atom. The minimum absolute atomic E-state index is 0.515. The van der Waals surface area contributed by atoms with Crippen molar-refractivity contribution in [2.24, 2.45) is 0 Å². The Morgan fingerprint density at radius 1 is 1.29 bits per heavy atom. The number of carbonyl (C=O) groups is 1. The van der Waals surface area contributed by atoms with Crippen LogP contribution in [0.5, 0.6) is 0 Å². The molecular weight excluding hydrogens is 220 g/mol. The molecule has 0 atom stereocenters. The third-order valence-corrected chi connectivity index (χ3v) is 2.86. The number of pyridine rings is 1. The SMILES string of the molecule is Nc1ccc(N2CCCN(C(=O)O)CC2)nc1. The molecule has 1 aromatic rings. The molecule has 0 radical (unpaired) electrons. The Kier molecular flexibility index (Phi) is 3.32. The fourth-order valence-corrected chi connectivity index (χ4v) is 1.92. The molecule has 6 heteroatoms. The lowest BCUT2D eigenvalue weighted by atomic mass is 10.3. The number of nitrogens with two attached hydrogens (primary N) is 1. The highest BCUT2D eigenvalue weighted by Crippen LogP contribution is 2.14. The summed E-state index contributed by atoms with van der Waals surface area (Å²) in [7, 11) is 0. The highest BCUT2D eigenvalue weighted by atomic mass is 16.4. The molecule has 1 amide bonds. The Hall–Kier alpha value is -1.98. The molecule has 1 aliphatic rings. The van der Waals surface area contributed by atoms with E-state index in [1.54, 1.807) is 6.20 Å². The van der Waals surface area contributed by atoms with E-state index in [1.807, 2.05) is 12.1 Å². The van der Waals surface area contributed by atoms with Crippen molar-refractivity contribution in [1.29, 1.82) is 0 Å². The van der Waals surface area contributed by atoms with Crippen molar-refractivity contribution >= 4 is 17.6 Å². The molecule has 0 aliphatic carbocycles. The molecule has 0 aromatic carbocycles. The largest absolute Gasteiger partial charge is 0.465 e. The van der Waals surface area contributed by atoms with Gasteiger partial charge < -0.3 is 20.6 Å². The number of anilines is 2. The van der Waals surface area contributed by atoms with Gasteiger partial charge in [0, 0.05) is 26.2 Å². The lowest BCUT2D eigenvalue weighted by molar-refractivity contribution is 0.148. The first-order valence-electron chi connectivity index (χ1n) is 5.61. The van der Waals surface area contributed by atoms with Crippen LogP contribution in [0.15, 0.2) is 18.3 Å². The number of nitrogens with zero attached hydrogens (tertiary/aromatic N) is 3. The summed E-state index contributed by atoms with van der Waals surface area (Å²) in [6, 6.07) is 3.67. The van der Waals surface area contributed by atoms with Crippen molar-refractivity contribution in [3.63, 3.8) is 0 Å². The predicted octanol–water partition coefficient (Wildman–Crippen LogP) is 0.854. The van der Waals surface area contributed by atoms with Gasteiger partial charge in [-0.3, -0.25) is 0 Å². The van der Waals surface area contributed by atoms with E-state index < -0.39 is 6.09 Å². The second-order valence-electron chi connectivity index (χ2n) is 4.06. The van der Waals surface area contributed by atoms with Crippen LogP contribution in [0.1, 0.15) is 6.42 Å². The van der Waals surface area contributed by atoms with Gasteiger partial charge in [-0.25, -0.2) is 9.78 Å². The second kappa shape index (κ2) is 4.90. The van der Waals surface area contributed by atoms with Crippen LogP contribution in [0, 0.1) is 0 Å². The van der Waals surface area contributed by atoms with Gasteiger partial charge in [0.1, 0.15) is 5.82 Å². The molecule has 92 valence electrons. The molecule has 3 N–H and O–H groups in total. The summed E-state index contributed by atoms with van der Waals surface area (Å²) in [5.74, 6) is 0.853. The number of aromatic nitrogens is 1. The zero-order valence-corrected chi connectivity index (χ0v) is 9.54. The summed E-state index contributed by atoms with van der Waals surface area (Å²) in [4.78, 5) is 18.6. The smallest absolute Gasteiger partial charge is 0.407 e. The number of hydrogen-bond donors (Lipinski definition) is 2. The first-order valence-corrected chi connectivity index (χ1v) is 5.61. The molecule has 1 fully saturated rings. The molecule has 0 spiro atoms. The molecule has 1 aromatic heterocycles. The third-order valence-electron chi connectivity index (χ3n) is 2.86. The molecule has 0 unspecified atom stereocenters. The lowest BCUT2D eigenvalue weighted by Gasteiger charge is -2.21. The zero-order chi connectivity index (χ0) is 12.3. The molecular formula is C11H16N4O2. The number of carboxylic acid groups (broad SMARTS) is 1. The fraction of sp³-hybridized carbons (Fsp3) is 0.455. The highest BCUT2D eigenvalue weighted by molar-refractivity contribution is 5.65. The standard InChI is InChI=1S/C11H16N4O2/c12-9-2-3-10(13-8-9)14-4-1-5-15(7-6-14)11(16)17/h2-3,8H,1,4-7,12H2,(H,16,17). The van der Waals surface area contributed by atoms with Gasteiger partial charge >= 0.3 is 6.09 Å². The molecule has 17 heavy (non-hydrogen) atoms. The summed E-state index contributed by atoms with van der Waals surface area (Å²) >= 11 is 0. The average Bonchev–Trinajstić information content (AvgIpc) is 2.55. The van der Waals surface area contributed by atoms with Crippen LogP contribution >= 0.6 is 0 Å². The first kappa shape index (κ1) is 11.5. The van der Waals surface area contributed by atoms with Gasteiger partial charge in [-0.05, 0) is 18.6 Å². The summed E-state index contributed by atoms with van der Waals surface area (Å²) < 4.78 is 0. The van der Waals surface area contributed by atoms with Gasteiger partial charge in [0.05, 0.1) is 11.9 Å². The van der Waals surface area contributed by atoms with Crippen molar-refractivity contribution < 1.29 is 9.90 Å². The van der Waals surface area contributed by atoms with Crippen molar-refractivity contribution in [1.82, 2.24) is 9.88 Å². The lowest BCUT2D eigenvalue weighted by Crippen LogP contribution is -2.34. The van der Waals surface area contributed by atoms with Crippen LogP contribution in [-0.2, 0) is 0 Å². The van der Waals surface area contributed by atoms with Crippen molar-refractivity contribution in [3.8, 4) is 0 Å². The van der Waals surface area contributed by atoms with Crippen LogP contribution < -0.4 is 10.6 Å². The van der Waals surface area contributed by atoms with Crippen LogP contribution in [-0.4, -0.2) is 47.3 Å². The molecule has 0 saturated carbocycles. The molecule has 2 rings (SSSR count). The number of rotatable bonds is 1. The minimum atomic E-state index is -0.850. The van der Waals surface area contributed by atoms with E-state index in [9.17, 15) is 4.79 Å². The molecule has 1 saturated heterocycles. The second-order valence-corrected chi connectivity index (χ2v) is 4.06. The van der Waals surface area contributed by atoms with E-state index in [4.69, 9.17) is 10.8 Å². The van der Waals surface area contributed by atoms with Gasteiger partial charge in [0.15, 0.2) is 0 Å². The van der Waals surface area contributed by atoms with Crippen LogP contribution in [0.2, 0.25) is 0 Å². The Bertz CT molecular complexity index is 393. The summed E-state index contributed by atoms with van der Waals surface area (Å²) in [5.41, 5.74) is 6.22. The van der Waals surface area contributed by atoms with Gasteiger partial charge in [0.2, 0.25) is 0 Å². The topological polar surface area (TPSA) is 82.7 Å². The number of hydrogen-bond acceptors (Lipinski definition) is 4. The van der Waals surface area contributed by atoms with Gasteiger partial charge in [-0.2, -0.15) is 0 Å². The van der Waals surface area contributed by atoms with Crippen molar-refractivity contribution in [3.05, 3.63) is 18.3 Å². The van der Waals surface area contributed by atoms with Gasteiger partial charge in [-0.1, -0.05) is 0 Å². The van der Waals surface area contributed by atoms with E-state index in [-0.39, 0.29) is 0 Å². The highest BCUT2D eigenvalue weighted by Gasteiger charge is 2.18. The summed E-state index contributed by atoms with van der Waals surface area (Å²) in [5, 5.41) is 8.93. The Balaban J connectivity index is 2.03. The fourth-order valence-electron chi connectivity index (χ4n) is 1.92. The van der Waals surface area contributed by atoms with E-state index in [1.165, 1.54) is 4.90 Å². The Morgan fingerprint density at radius 3 is 2.76 bits per heavy atom. The van der Waals surface area contributed by atoms with Crippen LogP contribution in [0.4, 0.5) is 16.3 Å².